The van der Waals surface area contributed by atoms with Crippen LogP contribution in [0.2, 0.25) is 0 Å². The van der Waals surface area contributed by atoms with Gasteiger partial charge in [-0.1, -0.05) is 0 Å². The summed E-state index contributed by atoms with van der Waals surface area (Å²) >= 11 is 0. The SMILES string of the molecule is COc1cc(C(=O)NCC(O)(c2cc3c(c(-c4ccc(F)cc4)n2)OC[C@]3(C)C(N)=O)C(F)(F)F)ccc1OCC1(O)CC1. The Labute approximate surface area is 248 Å². The van der Waals surface area contributed by atoms with Crippen molar-refractivity contribution in [1.82, 2.24) is 10.3 Å². The smallest absolute Gasteiger partial charge is 0.424 e. The molecule has 1 unspecified atom stereocenters. The zero-order valence-electron chi connectivity index (χ0n) is 23.6. The maximum Gasteiger partial charge on any atom is 0.424 e. The van der Waals surface area contributed by atoms with E-state index in [1.165, 1.54) is 44.4 Å². The van der Waals surface area contributed by atoms with Crippen molar-refractivity contribution in [3.8, 4) is 28.5 Å². The zero-order valence-corrected chi connectivity index (χ0v) is 23.6. The van der Waals surface area contributed by atoms with Crippen LogP contribution in [0.4, 0.5) is 17.6 Å². The molecule has 1 aliphatic carbocycles. The fourth-order valence-electron chi connectivity index (χ4n) is 4.68. The molecule has 5 rings (SSSR count). The monoisotopic (exact) mass is 619 g/mol. The van der Waals surface area contributed by atoms with Crippen LogP contribution < -0.4 is 25.3 Å². The minimum atomic E-state index is -5.37. The number of pyridine rings is 1. The van der Waals surface area contributed by atoms with Crippen LogP contribution in [0.1, 0.15) is 41.4 Å². The lowest BCUT2D eigenvalue weighted by Crippen LogP contribution is -2.51. The van der Waals surface area contributed by atoms with E-state index in [-0.39, 0.29) is 52.8 Å². The molecule has 2 atom stereocenters. The van der Waals surface area contributed by atoms with Crippen LogP contribution in [-0.4, -0.2) is 65.7 Å². The van der Waals surface area contributed by atoms with Crippen LogP contribution in [0.15, 0.2) is 48.5 Å². The lowest BCUT2D eigenvalue weighted by molar-refractivity contribution is -0.265. The molecule has 0 saturated heterocycles. The lowest BCUT2D eigenvalue weighted by atomic mass is 9.81. The summed E-state index contributed by atoms with van der Waals surface area (Å²) in [6, 6.07) is 9.41. The maximum atomic E-state index is 14.6. The molecular formula is C30H29F4N3O7. The fraction of sp³-hybridized carbons (Fsp3) is 0.367. The maximum absolute atomic E-state index is 14.6. The Morgan fingerprint density at radius 1 is 1.11 bits per heavy atom. The standard InChI is InChI=1S/C30H29F4N3O7/c1-27(26(35)39)14-44-24-19(27)12-22(37-23(24)16-3-6-18(31)7-4-16)29(41,30(32,33)34)13-36-25(38)17-5-8-20(21(11-17)42-2)43-15-28(40)9-10-28/h3-8,11-12,40-41H,9-10,13-15H2,1-2H3,(H2,35,39)(H,36,38)/t27-,29?/m0/s1. The molecule has 10 nitrogen and oxygen atoms in total. The lowest BCUT2D eigenvalue weighted by Gasteiger charge is -2.31. The van der Waals surface area contributed by atoms with Gasteiger partial charge in [0.25, 0.3) is 5.91 Å². The number of benzene rings is 2. The Bertz CT molecular complexity index is 1610. The normalized spacial score (nSPS) is 19.7. The molecule has 2 aromatic carbocycles. The number of primary amides is 1. The number of nitrogens with two attached hydrogens (primary N) is 1. The van der Waals surface area contributed by atoms with Crippen molar-refractivity contribution in [3.05, 3.63) is 71.2 Å². The first-order valence-electron chi connectivity index (χ1n) is 13.5. The van der Waals surface area contributed by atoms with Gasteiger partial charge in [-0.05, 0) is 68.3 Å². The summed E-state index contributed by atoms with van der Waals surface area (Å²) in [6.07, 6.45) is -4.21. The molecule has 1 fully saturated rings. The van der Waals surface area contributed by atoms with Crippen molar-refractivity contribution in [2.45, 2.75) is 42.6 Å². The number of hydrogen-bond donors (Lipinski definition) is 4. The number of rotatable bonds is 10. The van der Waals surface area contributed by atoms with Crippen molar-refractivity contribution in [1.29, 1.82) is 0 Å². The number of ether oxygens (including phenoxy) is 3. The van der Waals surface area contributed by atoms with Gasteiger partial charge in [-0.25, -0.2) is 9.37 Å². The number of carbonyl (C=O) groups excluding carboxylic acids is 2. The van der Waals surface area contributed by atoms with Crippen molar-refractivity contribution >= 4 is 11.8 Å². The molecule has 1 saturated carbocycles. The molecular weight excluding hydrogens is 590 g/mol. The number of methoxy groups -OCH3 is 1. The molecule has 44 heavy (non-hydrogen) atoms. The number of nitrogens with one attached hydrogen (secondary N) is 1. The van der Waals surface area contributed by atoms with Gasteiger partial charge < -0.3 is 35.5 Å². The molecule has 2 heterocycles. The molecule has 1 aromatic heterocycles. The number of halogens is 4. The highest BCUT2D eigenvalue weighted by Gasteiger charge is 2.57. The molecule has 2 amide bonds. The van der Waals surface area contributed by atoms with Gasteiger partial charge in [0, 0.05) is 16.7 Å². The third kappa shape index (κ3) is 5.62. The van der Waals surface area contributed by atoms with Crippen LogP contribution in [0.3, 0.4) is 0 Å². The first-order valence-corrected chi connectivity index (χ1v) is 13.5. The molecule has 0 spiro atoms. The minimum absolute atomic E-state index is 0.00104. The Kier molecular flexibility index (Phi) is 7.70. The summed E-state index contributed by atoms with van der Waals surface area (Å²) in [5, 5.41) is 23.3. The first kappa shape index (κ1) is 31.0. The molecule has 0 radical (unpaired) electrons. The zero-order chi connectivity index (χ0) is 32.1. The first-order chi connectivity index (χ1) is 20.6. The van der Waals surface area contributed by atoms with E-state index in [9.17, 15) is 37.4 Å². The number of amides is 2. The number of nitrogens with zero attached hydrogens (tertiary/aromatic N) is 1. The van der Waals surface area contributed by atoms with E-state index in [1.54, 1.807) is 0 Å². The molecule has 3 aromatic rings. The summed E-state index contributed by atoms with van der Waals surface area (Å²) in [6.45, 7) is -0.300. The van der Waals surface area contributed by atoms with Gasteiger partial charge in [0.1, 0.15) is 35.9 Å². The van der Waals surface area contributed by atoms with E-state index in [4.69, 9.17) is 19.9 Å². The topological polar surface area (TPSA) is 153 Å². The van der Waals surface area contributed by atoms with Gasteiger partial charge in [-0.3, -0.25) is 9.59 Å². The Morgan fingerprint density at radius 3 is 2.39 bits per heavy atom. The van der Waals surface area contributed by atoms with Gasteiger partial charge in [0.15, 0.2) is 11.5 Å². The summed E-state index contributed by atoms with van der Waals surface area (Å²) in [5.74, 6) is -2.22. The average molecular weight is 620 g/mol. The highest BCUT2D eigenvalue weighted by Crippen LogP contribution is 2.47. The van der Waals surface area contributed by atoms with Crippen molar-refractivity contribution in [2.24, 2.45) is 5.73 Å². The van der Waals surface area contributed by atoms with Gasteiger partial charge in [0.2, 0.25) is 11.5 Å². The van der Waals surface area contributed by atoms with Gasteiger partial charge in [0.05, 0.1) is 24.9 Å². The van der Waals surface area contributed by atoms with Crippen molar-refractivity contribution in [2.75, 3.05) is 26.9 Å². The number of fused-ring (bicyclic) bond motifs is 1. The number of hydrogen-bond acceptors (Lipinski definition) is 8. The van der Waals surface area contributed by atoms with Crippen molar-refractivity contribution < 1.29 is 51.6 Å². The average Bonchev–Trinajstić information content (AvgIpc) is 3.63. The van der Waals surface area contributed by atoms with E-state index in [0.717, 1.165) is 18.2 Å². The van der Waals surface area contributed by atoms with E-state index >= 15 is 0 Å². The van der Waals surface area contributed by atoms with Crippen LogP contribution in [-0.2, 0) is 15.8 Å². The van der Waals surface area contributed by atoms with E-state index in [0.29, 0.717) is 12.8 Å². The van der Waals surface area contributed by atoms with Crippen LogP contribution in [0.5, 0.6) is 17.2 Å². The molecule has 2 aliphatic rings. The molecule has 0 bridgehead atoms. The molecule has 14 heteroatoms. The van der Waals surface area contributed by atoms with Gasteiger partial charge in [-0.15, -0.1) is 0 Å². The van der Waals surface area contributed by atoms with Crippen molar-refractivity contribution in [3.63, 3.8) is 0 Å². The Hall–Kier alpha value is -4.43. The third-order valence-electron chi connectivity index (χ3n) is 7.88. The summed E-state index contributed by atoms with van der Waals surface area (Å²) < 4.78 is 73.9. The molecule has 234 valence electrons. The van der Waals surface area contributed by atoms with Crippen LogP contribution in [0.25, 0.3) is 11.3 Å². The van der Waals surface area contributed by atoms with E-state index in [1.807, 2.05) is 0 Å². The highest BCUT2D eigenvalue weighted by molar-refractivity contribution is 5.95. The van der Waals surface area contributed by atoms with Crippen LogP contribution in [0, 0.1) is 5.82 Å². The summed E-state index contributed by atoms with van der Waals surface area (Å²) in [4.78, 5) is 29.4. The van der Waals surface area contributed by atoms with Gasteiger partial charge in [-0.2, -0.15) is 13.2 Å². The second-order valence-corrected chi connectivity index (χ2v) is 11.1. The molecule has 1 aliphatic heterocycles. The fourth-order valence-corrected chi connectivity index (χ4v) is 4.68. The van der Waals surface area contributed by atoms with Gasteiger partial charge >= 0.3 is 6.18 Å². The third-order valence-corrected chi connectivity index (χ3v) is 7.88. The number of carbonyl (C=O) groups is 2. The Morgan fingerprint density at radius 2 is 1.80 bits per heavy atom. The number of aromatic nitrogens is 1. The number of alkyl halides is 3. The largest absolute Gasteiger partial charge is 0.493 e. The van der Waals surface area contributed by atoms with E-state index < -0.39 is 52.7 Å². The summed E-state index contributed by atoms with van der Waals surface area (Å²) in [5.41, 5.74) is -1.81. The molecule has 5 N–H and O–H groups in total. The second kappa shape index (κ2) is 10.9. The highest BCUT2D eigenvalue weighted by atomic mass is 19.4. The second-order valence-electron chi connectivity index (χ2n) is 11.1. The predicted molar refractivity (Wildman–Crippen MR) is 147 cm³/mol. The minimum Gasteiger partial charge on any atom is -0.493 e. The van der Waals surface area contributed by atoms with Crippen LogP contribution >= 0.6 is 0 Å². The number of aliphatic hydroxyl groups is 2. The Balaban J connectivity index is 1.49. The quantitative estimate of drug-likeness (QED) is 0.253. The van der Waals surface area contributed by atoms with E-state index in [2.05, 4.69) is 10.3 Å². The summed E-state index contributed by atoms with van der Waals surface area (Å²) in [7, 11) is 1.31. The predicted octanol–water partition coefficient (Wildman–Crippen LogP) is 3.12.